The van der Waals surface area contributed by atoms with E-state index in [4.69, 9.17) is 0 Å². The molecule has 0 unspecified atom stereocenters. The molecule has 2 aromatic rings. The first kappa shape index (κ1) is 21.9. The normalized spacial score (nSPS) is 18.4. The van der Waals surface area contributed by atoms with Crippen LogP contribution in [-0.4, -0.2) is 5.16 Å². The Balaban J connectivity index is 1.76. The molecule has 0 radical (unpaired) electrons. The molecule has 0 bridgehead atoms. The molecule has 3 heteroatoms. The number of aliphatic imine (C=N–C) groups is 1. The van der Waals surface area contributed by atoms with E-state index >= 15 is 0 Å². The Kier molecular flexibility index (Phi) is 7.52. The molecule has 30 heavy (non-hydrogen) atoms. The molecule has 0 saturated heterocycles. The van der Waals surface area contributed by atoms with Gasteiger partial charge in [-0.15, -0.1) is 0 Å². The van der Waals surface area contributed by atoms with Crippen LogP contribution in [0.5, 0.6) is 0 Å². The first-order valence-electron chi connectivity index (χ1n) is 10.3. The highest BCUT2D eigenvalue weighted by molar-refractivity contribution is 7.78. The summed E-state index contributed by atoms with van der Waals surface area (Å²) in [5, 5.41) is 2.23. The van der Waals surface area contributed by atoms with E-state index in [-0.39, 0.29) is 5.69 Å². The Bertz CT molecular complexity index is 1050. The first-order valence-corrected chi connectivity index (χ1v) is 10.7. The van der Waals surface area contributed by atoms with E-state index in [1.807, 2.05) is 0 Å². The quantitative estimate of drug-likeness (QED) is 0.214. The zero-order chi connectivity index (χ0) is 21.5. The molecule has 0 heterocycles. The van der Waals surface area contributed by atoms with Gasteiger partial charge in [-0.3, -0.25) is 0 Å². The van der Waals surface area contributed by atoms with Gasteiger partial charge in [-0.05, 0) is 99.0 Å². The molecule has 0 N–H and O–H groups in total. The lowest BCUT2D eigenvalue weighted by Crippen LogP contribution is -2.11. The number of nitrogens with zero attached hydrogens (tertiary/aromatic N) is 1. The molecule has 0 aromatic heterocycles. The number of hydrogen-bond acceptors (Lipinski definition) is 2. The summed E-state index contributed by atoms with van der Waals surface area (Å²) in [6.07, 6.45) is 9.50. The minimum atomic E-state index is -0.471. The van der Waals surface area contributed by atoms with Gasteiger partial charge in [0.05, 0.1) is 5.16 Å². The van der Waals surface area contributed by atoms with Gasteiger partial charge < -0.3 is 0 Å². The minimum absolute atomic E-state index is 0.163. The number of benzene rings is 2. The van der Waals surface area contributed by atoms with Crippen molar-refractivity contribution in [2.45, 2.75) is 45.4 Å². The van der Waals surface area contributed by atoms with Crippen molar-refractivity contribution in [1.82, 2.24) is 0 Å². The summed E-state index contributed by atoms with van der Waals surface area (Å²) in [6.45, 7) is 7.80. The van der Waals surface area contributed by atoms with Crippen LogP contribution in [0.15, 0.2) is 60.1 Å². The second-order valence-electron chi connectivity index (χ2n) is 7.85. The highest BCUT2D eigenvalue weighted by Gasteiger charge is 2.20. The molecule has 2 aromatic carbocycles. The summed E-state index contributed by atoms with van der Waals surface area (Å²) in [4.78, 5) is 3.83. The number of allylic oxidation sites excluding steroid dienone is 3. The Morgan fingerprint density at radius 2 is 1.77 bits per heavy atom. The van der Waals surface area contributed by atoms with Gasteiger partial charge in [0.25, 0.3) is 0 Å². The van der Waals surface area contributed by atoms with Gasteiger partial charge in [-0.25, -0.2) is 4.39 Å². The number of hydrogen-bond donors (Lipinski definition) is 0. The molecule has 1 nitrogen and oxygen atoms in total. The van der Waals surface area contributed by atoms with Crippen molar-refractivity contribution < 1.29 is 4.39 Å². The van der Waals surface area contributed by atoms with Gasteiger partial charge in [0.2, 0.25) is 0 Å². The third-order valence-corrected chi connectivity index (χ3v) is 5.74. The fourth-order valence-electron chi connectivity index (χ4n) is 4.06. The molecular weight excluding hydrogens is 389 g/mol. The van der Waals surface area contributed by atoms with Crippen LogP contribution in [0.3, 0.4) is 0 Å². The summed E-state index contributed by atoms with van der Waals surface area (Å²) in [6, 6.07) is 11.6. The highest BCUT2D eigenvalue weighted by atomic mass is 32.1. The molecule has 1 aliphatic rings. The van der Waals surface area contributed by atoms with Crippen LogP contribution in [0.2, 0.25) is 0 Å². The Morgan fingerprint density at radius 3 is 2.37 bits per heavy atom. The maximum atomic E-state index is 14.4. The molecule has 0 spiro atoms. The van der Waals surface area contributed by atoms with Gasteiger partial charge in [0, 0.05) is 16.7 Å². The van der Waals surface area contributed by atoms with Crippen molar-refractivity contribution in [3.05, 3.63) is 83.2 Å². The van der Waals surface area contributed by atoms with Crippen LogP contribution >= 0.6 is 12.2 Å². The first-order chi connectivity index (χ1) is 14.5. The van der Waals surface area contributed by atoms with Gasteiger partial charge in [-0.1, -0.05) is 42.7 Å². The van der Waals surface area contributed by atoms with E-state index in [1.165, 1.54) is 37.3 Å². The summed E-state index contributed by atoms with van der Waals surface area (Å²) in [5.74, 6) is 7.10. The van der Waals surface area contributed by atoms with Crippen LogP contribution < -0.4 is 0 Å². The minimum Gasteiger partial charge on any atom is -0.205 e. The smallest absolute Gasteiger partial charge is 0.151 e. The maximum Gasteiger partial charge on any atom is 0.151 e. The van der Waals surface area contributed by atoms with Crippen molar-refractivity contribution >= 4 is 28.6 Å². The predicted molar refractivity (Wildman–Crippen MR) is 128 cm³/mol. The third kappa shape index (κ3) is 5.42. The van der Waals surface area contributed by atoms with E-state index in [0.717, 1.165) is 11.5 Å². The number of isothiocyanates is 1. The predicted octanol–water partition coefficient (Wildman–Crippen LogP) is 7.84. The van der Waals surface area contributed by atoms with E-state index < -0.39 is 5.82 Å². The second-order valence-corrected chi connectivity index (χ2v) is 8.03. The van der Waals surface area contributed by atoms with Gasteiger partial charge in [0.15, 0.2) is 5.82 Å². The molecule has 0 amide bonds. The Hall–Kier alpha value is -2.79. The number of rotatable bonds is 4. The van der Waals surface area contributed by atoms with Crippen LogP contribution in [0.4, 0.5) is 10.1 Å². The molecule has 152 valence electrons. The topological polar surface area (TPSA) is 12.4 Å². The largest absolute Gasteiger partial charge is 0.205 e. The fourth-order valence-corrected chi connectivity index (χ4v) is 4.15. The summed E-state index contributed by atoms with van der Waals surface area (Å²) in [7, 11) is 0. The zero-order valence-corrected chi connectivity index (χ0v) is 18.4. The molecule has 0 atom stereocenters. The van der Waals surface area contributed by atoms with Gasteiger partial charge >= 0.3 is 0 Å². The SMILES string of the molecule is C=C(C)c1cc(C#Cc2ccc(C3CCC(/C=C/C)CC3)cc2)cc(F)c1N=C=S. The van der Waals surface area contributed by atoms with Gasteiger partial charge in [-0.2, -0.15) is 4.99 Å². The van der Waals surface area contributed by atoms with E-state index in [1.54, 1.807) is 13.0 Å². The average Bonchev–Trinajstić information content (AvgIpc) is 2.75. The zero-order valence-electron chi connectivity index (χ0n) is 17.5. The number of halogens is 1. The molecule has 0 aliphatic heterocycles. The third-order valence-electron chi connectivity index (χ3n) is 5.65. The van der Waals surface area contributed by atoms with E-state index in [9.17, 15) is 4.39 Å². The van der Waals surface area contributed by atoms with Crippen molar-refractivity contribution in [3.8, 4) is 11.8 Å². The summed E-state index contributed by atoms with van der Waals surface area (Å²) < 4.78 is 14.4. The number of thiocarbonyl (C=S) groups is 1. The van der Waals surface area contributed by atoms with Crippen molar-refractivity contribution in [1.29, 1.82) is 0 Å². The van der Waals surface area contributed by atoms with Crippen LogP contribution in [0, 0.1) is 23.6 Å². The Morgan fingerprint density at radius 1 is 1.10 bits per heavy atom. The molecule has 1 aliphatic carbocycles. The lowest BCUT2D eigenvalue weighted by molar-refractivity contribution is 0.375. The molecule has 1 saturated carbocycles. The van der Waals surface area contributed by atoms with Gasteiger partial charge in [0.1, 0.15) is 5.69 Å². The van der Waals surface area contributed by atoms with Crippen molar-refractivity contribution in [2.75, 3.05) is 0 Å². The van der Waals surface area contributed by atoms with Crippen LogP contribution in [0.25, 0.3) is 5.57 Å². The fraction of sp³-hybridized carbons (Fsp3) is 0.296. The Labute approximate surface area is 184 Å². The molecule has 3 rings (SSSR count). The van der Waals surface area contributed by atoms with E-state index in [2.05, 4.69) is 84.1 Å². The second kappa shape index (κ2) is 10.3. The summed E-state index contributed by atoms with van der Waals surface area (Å²) in [5.41, 5.74) is 4.35. The molecular formula is C27H26FNS. The van der Waals surface area contributed by atoms with E-state index in [0.29, 0.717) is 22.6 Å². The van der Waals surface area contributed by atoms with Crippen LogP contribution in [-0.2, 0) is 0 Å². The molecule has 1 fully saturated rings. The maximum absolute atomic E-state index is 14.4. The highest BCUT2D eigenvalue weighted by Crippen LogP contribution is 2.36. The van der Waals surface area contributed by atoms with Crippen molar-refractivity contribution in [3.63, 3.8) is 0 Å². The lowest BCUT2D eigenvalue weighted by atomic mass is 9.78. The van der Waals surface area contributed by atoms with Crippen molar-refractivity contribution in [2.24, 2.45) is 10.9 Å². The van der Waals surface area contributed by atoms with Crippen LogP contribution in [0.1, 0.15) is 67.7 Å². The lowest BCUT2D eigenvalue weighted by Gasteiger charge is -2.27. The summed E-state index contributed by atoms with van der Waals surface area (Å²) >= 11 is 4.62. The standard InChI is InChI=1S/C27H26FNS/c1-4-5-20-8-12-23(13-9-20)24-14-10-21(11-15-24)6-7-22-16-25(19(2)3)27(29-18-30)26(28)17-22/h4-5,10-11,14-17,20,23H,2,8-9,12-13H2,1,3H3/b5-4+. The average molecular weight is 416 g/mol. The monoisotopic (exact) mass is 415 g/mol.